The van der Waals surface area contributed by atoms with Crippen LogP contribution in [0.5, 0.6) is 0 Å². The molecule has 2 heterocycles. The van der Waals surface area contributed by atoms with Crippen molar-refractivity contribution in [1.82, 2.24) is 4.90 Å². The Kier molecular flexibility index (Phi) is 3.54. The Labute approximate surface area is 97.5 Å². The van der Waals surface area contributed by atoms with E-state index in [4.69, 9.17) is 9.47 Å². The van der Waals surface area contributed by atoms with Crippen molar-refractivity contribution in [1.29, 1.82) is 0 Å². The molecule has 2 aliphatic rings. The van der Waals surface area contributed by atoms with Crippen LogP contribution in [-0.4, -0.2) is 54.2 Å². The van der Waals surface area contributed by atoms with Gasteiger partial charge in [0, 0.05) is 19.5 Å². The van der Waals surface area contributed by atoms with E-state index in [1.165, 1.54) is 0 Å². The van der Waals surface area contributed by atoms with E-state index < -0.39 is 5.60 Å². The van der Waals surface area contributed by atoms with Gasteiger partial charge in [-0.2, -0.15) is 0 Å². The Hall–Kier alpha value is -0.160. The van der Waals surface area contributed by atoms with Gasteiger partial charge in [0.2, 0.25) is 0 Å². The Morgan fingerprint density at radius 3 is 2.44 bits per heavy atom. The van der Waals surface area contributed by atoms with Crippen molar-refractivity contribution in [2.24, 2.45) is 0 Å². The Balaban J connectivity index is 1.89. The van der Waals surface area contributed by atoms with Crippen molar-refractivity contribution in [2.45, 2.75) is 44.5 Å². The zero-order valence-corrected chi connectivity index (χ0v) is 10.4. The average molecular weight is 229 g/mol. The van der Waals surface area contributed by atoms with Gasteiger partial charge < -0.3 is 14.6 Å². The van der Waals surface area contributed by atoms with Crippen LogP contribution in [0.25, 0.3) is 0 Å². The summed E-state index contributed by atoms with van der Waals surface area (Å²) in [6.07, 6.45) is 2.53. The summed E-state index contributed by atoms with van der Waals surface area (Å²) < 4.78 is 11.3. The minimum atomic E-state index is -0.551. The van der Waals surface area contributed by atoms with E-state index in [0.717, 1.165) is 38.9 Å². The first-order chi connectivity index (χ1) is 7.61. The number of rotatable bonds is 4. The molecule has 1 N–H and O–H groups in total. The van der Waals surface area contributed by atoms with Crippen molar-refractivity contribution < 1.29 is 14.6 Å². The SMILES string of the molecule is CCC(O)(CC)CN1CCC2(C1)OCCO2. The first-order valence-corrected chi connectivity index (χ1v) is 6.34. The van der Waals surface area contributed by atoms with Crippen LogP contribution < -0.4 is 0 Å². The van der Waals surface area contributed by atoms with Gasteiger partial charge in [-0.1, -0.05) is 13.8 Å². The molecular formula is C12H23NO3. The van der Waals surface area contributed by atoms with Crippen molar-refractivity contribution in [2.75, 3.05) is 32.8 Å². The molecule has 2 aliphatic heterocycles. The predicted molar refractivity (Wildman–Crippen MR) is 61.2 cm³/mol. The summed E-state index contributed by atoms with van der Waals surface area (Å²) in [6, 6.07) is 0. The summed E-state index contributed by atoms with van der Waals surface area (Å²) >= 11 is 0. The van der Waals surface area contributed by atoms with Gasteiger partial charge in [-0.25, -0.2) is 0 Å². The van der Waals surface area contributed by atoms with Crippen LogP contribution in [0.15, 0.2) is 0 Å². The molecule has 1 spiro atoms. The van der Waals surface area contributed by atoms with Crippen molar-refractivity contribution in [3.8, 4) is 0 Å². The quantitative estimate of drug-likeness (QED) is 0.780. The van der Waals surface area contributed by atoms with Gasteiger partial charge in [-0.15, -0.1) is 0 Å². The second-order valence-corrected chi connectivity index (χ2v) is 5.00. The molecule has 2 fully saturated rings. The predicted octanol–water partition coefficient (Wildman–Crippen LogP) is 0.986. The minimum Gasteiger partial charge on any atom is -0.389 e. The number of likely N-dealkylation sites (tertiary alicyclic amines) is 1. The lowest BCUT2D eigenvalue weighted by Crippen LogP contribution is -2.43. The molecule has 0 atom stereocenters. The maximum atomic E-state index is 10.3. The van der Waals surface area contributed by atoms with Crippen LogP contribution in [0, 0.1) is 0 Å². The van der Waals surface area contributed by atoms with Crippen LogP contribution in [0.3, 0.4) is 0 Å². The van der Waals surface area contributed by atoms with Gasteiger partial charge in [0.15, 0.2) is 5.79 Å². The van der Waals surface area contributed by atoms with Gasteiger partial charge in [-0.05, 0) is 12.8 Å². The first-order valence-electron chi connectivity index (χ1n) is 6.34. The van der Waals surface area contributed by atoms with Crippen LogP contribution in [0.2, 0.25) is 0 Å². The lowest BCUT2D eigenvalue weighted by molar-refractivity contribution is -0.147. The molecule has 0 aromatic carbocycles. The largest absolute Gasteiger partial charge is 0.389 e. The fraction of sp³-hybridized carbons (Fsp3) is 1.00. The summed E-state index contributed by atoms with van der Waals surface area (Å²) in [4.78, 5) is 2.26. The minimum absolute atomic E-state index is 0.359. The molecule has 0 bridgehead atoms. The van der Waals surface area contributed by atoms with Crippen LogP contribution in [0.1, 0.15) is 33.1 Å². The van der Waals surface area contributed by atoms with E-state index >= 15 is 0 Å². The van der Waals surface area contributed by atoms with E-state index in [1.807, 2.05) is 13.8 Å². The van der Waals surface area contributed by atoms with Gasteiger partial charge in [0.25, 0.3) is 0 Å². The van der Waals surface area contributed by atoms with Gasteiger partial charge in [-0.3, -0.25) is 4.90 Å². The van der Waals surface area contributed by atoms with E-state index in [0.29, 0.717) is 13.2 Å². The number of ether oxygens (including phenoxy) is 2. The zero-order valence-electron chi connectivity index (χ0n) is 10.4. The van der Waals surface area contributed by atoms with Gasteiger partial charge in [0.1, 0.15) is 0 Å². The van der Waals surface area contributed by atoms with Crippen molar-refractivity contribution in [3.05, 3.63) is 0 Å². The van der Waals surface area contributed by atoms with E-state index in [2.05, 4.69) is 4.90 Å². The van der Waals surface area contributed by atoms with Gasteiger partial charge >= 0.3 is 0 Å². The molecule has 2 saturated heterocycles. The molecule has 0 aromatic rings. The molecule has 16 heavy (non-hydrogen) atoms. The second-order valence-electron chi connectivity index (χ2n) is 5.00. The zero-order chi connectivity index (χ0) is 11.6. The molecule has 0 radical (unpaired) electrons. The summed E-state index contributed by atoms with van der Waals surface area (Å²) in [6.45, 7) is 7.99. The highest BCUT2D eigenvalue weighted by atomic mass is 16.7. The highest BCUT2D eigenvalue weighted by Gasteiger charge is 2.44. The van der Waals surface area contributed by atoms with Crippen LogP contribution >= 0.6 is 0 Å². The fourth-order valence-electron chi connectivity index (χ4n) is 2.58. The summed E-state index contributed by atoms with van der Waals surface area (Å²) in [5, 5.41) is 10.3. The average Bonchev–Trinajstić information content (AvgIpc) is 2.90. The highest BCUT2D eigenvalue weighted by Crippen LogP contribution is 2.31. The standard InChI is InChI=1S/C12H23NO3/c1-3-11(14,4-2)9-13-6-5-12(10-13)15-7-8-16-12/h14H,3-10H2,1-2H3. The Morgan fingerprint density at radius 2 is 1.88 bits per heavy atom. The molecule has 2 rings (SSSR count). The molecule has 0 aliphatic carbocycles. The normalized spacial score (nSPS) is 25.7. The fourth-order valence-corrected chi connectivity index (χ4v) is 2.58. The van der Waals surface area contributed by atoms with E-state index in [-0.39, 0.29) is 5.79 Å². The lowest BCUT2D eigenvalue weighted by Gasteiger charge is -2.31. The third kappa shape index (κ3) is 2.40. The third-order valence-corrected chi connectivity index (χ3v) is 3.92. The topological polar surface area (TPSA) is 41.9 Å². The third-order valence-electron chi connectivity index (χ3n) is 3.92. The van der Waals surface area contributed by atoms with Crippen molar-refractivity contribution in [3.63, 3.8) is 0 Å². The van der Waals surface area contributed by atoms with Gasteiger partial charge in [0.05, 0.1) is 25.4 Å². The molecular weight excluding hydrogens is 206 g/mol. The number of aliphatic hydroxyl groups is 1. The molecule has 4 nitrogen and oxygen atoms in total. The summed E-state index contributed by atoms with van der Waals surface area (Å²) in [5.74, 6) is -0.359. The number of β-amino-alcohol motifs (C(OH)–C–C–N with tert-alkyl or cyclic N) is 1. The molecule has 0 aromatic heterocycles. The molecule has 94 valence electrons. The lowest BCUT2D eigenvalue weighted by atomic mass is 9.97. The maximum Gasteiger partial charge on any atom is 0.182 e. The highest BCUT2D eigenvalue weighted by molar-refractivity contribution is 4.90. The molecule has 4 heteroatoms. The van der Waals surface area contributed by atoms with Crippen LogP contribution in [-0.2, 0) is 9.47 Å². The molecule has 0 unspecified atom stereocenters. The maximum absolute atomic E-state index is 10.3. The number of hydrogen-bond acceptors (Lipinski definition) is 4. The monoisotopic (exact) mass is 229 g/mol. The van der Waals surface area contributed by atoms with Crippen LogP contribution in [0.4, 0.5) is 0 Å². The van der Waals surface area contributed by atoms with E-state index in [1.54, 1.807) is 0 Å². The van der Waals surface area contributed by atoms with E-state index in [9.17, 15) is 5.11 Å². The summed E-state index contributed by atoms with van der Waals surface area (Å²) in [5.41, 5.74) is -0.551. The summed E-state index contributed by atoms with van der Waals surface area (Å²) in [7, 11) is 0. The number of nitrogens with zero attached hydrogens (tertiary/aromatic N) is 1. The Morgan fingerprint density at radius 1 is 1.25 bits per heavy atom. The Bertz CT molecular complexity index is 234. The second kappa shape index (κ2) is 4.61. The molecule has 0 saturated carbocycles. The first kappa shape index (κ1) is 12.3. The smallest absolute Gasteiger partial charge is 0.182 e. The number of hydrogen-bond donors (Lipinski definition) is 1. The van der Waals surface area contributed by atoms with Crippen molar-refractivity contribution >= 4 is 0 Å². The molecule has 0 amide bonds.